The van der Waals surface area contributed by atoms with E-state index in [2.05, 4.69) is 15.3 Å². The molecule has 1 aromatic carbocycles. The summed E-state index contributed by atoms with van der Waals surface area (Å²) in [7, 11) is 0. The van der Waals surface area contributed by atoms with Gasteiger partial charge in [-0.25, -0.2) is 9.97 Å². The van der Waals surface area contributed by atoms with Crippen LogP contribution in [-0.2, 0) is 0 Å². The molecule has 1 heterocycles. The maximum Gasteiger partial charge on any atom is 0.189 e. The van der Waals surface area contributed by atoms with Crippen LogP contribution in [0.2, 0.25) is 0 Å². The Morgan fingerprint density at radius 3 is 2.68 bits per heavy atom. The number of aliphatic hydroxyl groups is 1. The lowest BCUT2D eigenvalue weighted by atomic mass is 10.1. The molecule has 0 aliphatic heterocycles. The zero-order valence-corrected chi connectivity index (χ0v) is 11.7. The van der Waals surface area contributed by atoms with Gasteiger partial charge in [-0.2, -0.15) is 0 Å². The Hall–Kier alpha value is -1.59. The highest BCUT2D eigenvalue weighted by atomic mass is 32.2. The molecule has 0 fully saturated rings. The number of hydrogen-bond donors (Lipinski definition) is 2. The normalized spacial score (nSPS) is 10.4. The Labute approximate surface area is 117 Å². The molecule has 0 aliphatic rings. The molecule has 0 atom stereocenters. The molecule has 0 spiro atoms. The van der Waals surface area contributed by atoms with E-state index in [1.165, 1.54) is 11.8 Å². The quantitative estimate of drug-likeness (QED) is 0.482. The van der Waals surface area contributed by atoms with Crippen LogP contribution in [0.3, 0.4) is 0 Å². The van der Waals surface area contributed by atoms with Crippen molar-refractivity contribution in [3.63, 3.8) is 0 Å². The van der Waals surface area contributed by atoms with Crippen molar-refractivity contribution in [1.29, 1.82) is 0 Å². The summed E-state index contributed by atoms with van der Waals surface area (Å²) < 4.78 is 0. The molecule has 0 saturated heterocycles. The number of rotatable bonds is 6. The molecule has 4 nitrogen and oxygen atoms in total. The van der Waals surface area contributed by atoms with Gasteiger partial charge in [-0.1, -0.05) is 42.1 Å². The Morgan fingerprint density at radius 1 is 1.21 bits per heavy atom. The number of anilines is 1. The van der Waals surface area contributed by atoms with Crippen molar-refractivity contribution in [3.05, 3.63) is 36.4 Å². The first-order valence-corrected chi connectivity index (χ1v) is 7.39. The summed E-state index contributed by atoms with van der Waals surface area (Å²) in [6, 6.07) is 12.0. The highest BCUT2D eigenvalue weighted by Crippen LogP contribution is 2.22. The zero-order valence-electron chi connectivity index (χ0n) is 10.8. The third-order valence-corrected chi connectivity index (χ3v) is 3.15. The van der Waals surface area contributed by atoms with E-state index >= 15 is 0 Å². The first-order valence-electron chi connectivity index (χ1n) is 6.16. The lowest BCUT2D eigenvalue weighted by Crippen LogP contribution is -2.06. The molecule has 2 N–H and O–H groups in total. The van der Waals surface area contributed by atoms with Crippen molar-refractivity contribution in [2.75, 3.05) is 24.7 Å². The minimum absolute atomic E-state index is 0.180. The van der Waals surface area contributed by atoms with Crippen LogP contribution < -0.4 is 5.32 Å². The predicted octanol–water partition coefficient (Wildman–Crippen LogP) is 2.66. The van der Waals surface area contributed by atoms with Gasteiger partial charge in [0.15, 0.2) is 5.16 Å². The van der Waals surface area contributed by atoms with Crippen LogP contribution in [0, 0.1) is 0 Å². The number of nitrogens with one attached hydrogen (secondary N) is 1. The van der Waals surface area contributed by atoms with Gasteiger partial charge in [0.25, 0.3) is 0 Å². The van der Waals surface area contributed by atoms with Crippen LogP contribution in [0.15, 0.2) is 41.6 Å². The van der Waals surface area contributed by atoms with Gasteiger partial charge in [-0.3, -0.25) is 0 Å². The summed E-state index contributed by atoms with van der Waals surface area (Å²) in [6.07, 6.45) is 2.67. The highest BCUT2D eigenvalue weighted by molar-refractivity contribution is 7.98. The molecule has 2 rings (SSSR count). The third-order valence-electron chi connectivity index (χ3n) is 2.60. The number of aliphatic hydroxyl groups excluding tert-OH is 1. The van der Waals surface area contributed by atoms with Crippen molar-refractivity contribution in [3.8, 4) is 11.3 Å². The molecular weight excluding hydrogens is 258 g/mol. The van der Waals surface area contributed by atoms with Crippen LogP contribution in [0.25, 0.3) is 11.3 Å². The number of thioether (sulfide) groups is 1. The number of nitrogens with zero attached hydrogens (tertiary/aromatic N) is 2. The zero-order chi connectivity index (χ0) is 13.5. The molecule has 2 aromatic rings. The van der Waals surface area contributed by atoms with E-state index in [4.69, 9.17) is 5.11 Å². The van der Waals surface area contributed by atoms with Crippen LogP contribution in [0.4, 0.5) is 5.82 Å². The topological polar surface area (TPSA) is 58.0 Å². The van der Waals surface area contributed by atoms with Gasteiger partial charge in [0, 0.05) is 24.8 Å². The van der Waals surface area contributed by atoms with Crippen LogP contribution >= 0.6 is 11.8 Å². The minimum atomic E-state index is 0.180. The van der Waals surface area contributed by atoms with Crippen molar-refractivity contribution in [2.45, 2.75) is 11.6 Å². The van der Waals surface area contributed by atoms with Gasteiger partial charge >= 0.3 is 0 Å². The standard InChI is InChI=1S/C14H17N3OS/c1-19-14-16-12(11-6-3-2-4-7-11)10-13(17-14)15-8-5-9-18/h2-4,6-7,10,18H,5,8-9H2,1H3,(H,15,16,17). The second-order valence-electron chi connectivity index (χ2n) is 4.00. The van der Waals surface area contributed by atoms with E-state index in [0.717, 1.165) is 22.2 Å². The molecule has 1 aromatic heterocycles. The highest BCUT2D eigenvalue weighted by Gasteiger charge is 2.05. The maximum atomic E-state index is 8.80. The van der Waals surface area contributed by atoms with Crippen molar-refractivity contribution < 1.29 is 5.11 Å². The molecule has 100 valence electrons. The molecule has 0 bridgehead atoms. The molecule has 0 unspecified atom stereocenters. The van der Waals surface area contributed by atoms with E-state index in [-0.39, 0.29) is 6.61 Å². The Kier molecular flexibility index (Phi) is 5.18. The van der Waals surface area contributed by atoms with E-state index in [9.17, 15) is 0 Å². The summed E-state index contributed by atoms with van der Waals surface area (Å²) in [6.45, 7) is 0.884. The fourth-order valence-corrected chi connectivity index (χ4v) is 2.04. The molecule has 0 radical (unpaired) electrons. The van der Waals surface area contributed by atoms with Crippen molar-refractivity contribution >= 4 is 17.6 Å². The van der Waals surface area contributed by atoms with Gasteiger partial charge in [0.05, 0.1) is 5.69 Å². The van der Waals surface area contributed by atoms with Crippen LogP contribution in [0.5, 0.6) is 0 Å². The van der Waals surface area contributed by atoms with Gasteiger partial charge in [0.1, 0.15) is 5.82 Å². The second kappa shape index (κ2) is 7.11. The van der Waals surface area contributed by atoms with Crippen LogP contribution in [-0.4, -0.2) is 34.5 Å². The molecule has 19 heavy (non-hydrogen) atoms. The first-order chi connectivity index (χ1) is 9.33. The van der Waals surface area contributed by atoms with Crippen molar-refractivity contribution in [2.24, 2.45) is 0 Å². The SMILES string of the molecule is CSc1nc(NCCCO)cc(-c2ccccc2)n1. The largest absolute Gasteiger partial charge is 0.396 e. The Balaban J connectivity index is 2.26. The van der Waals surface area contributed by atoms with Gasteiger partial charge in [0.2, 0.25) is 0 Å². The average molecular weight is 275 g/mol. The van der Waals surface area contributed by atoms with E-state index in [1.807, 2.05) is 42.7 Å². The van der Waals surface area contributed by atoms with E-state index in [1.54, 1.807) is 0 Å². The summed E-state index contributed by atoms with van der Waals surface area (Å²) in [5.74, 6) is 0.798. The average Bonchev–Trinajstić information content (AvgIpc) is 2.48. The molecule has 0 amide bonds. The lowest BCUT2D eigenvalue weighted by molar-refractivity contribution is 0.292. The Morgan fingerprint density at radius 2 is 2.00 bits per heavy atom. The van der Waals surface area contributed by atoms with Crippen molar-refractivity contribution in [1.82, 2.24) is 9.97 Å². The fraction of sp³-hybridized carbons (Fsp3) is 0.286. The van der Waals surface area contributed by atoms with Gasteiger partial charge in [-0.05, 0) is 12.7 Å². The predicted molar refractivity (Wildman–Crippen MR) is 79.4 cm³/mol. The van der Waals surface area contributed by atoms with Gasteiger partial charge in [-0.15, -0.1) is 0 Å². The number of aromatic nitrogens is 2. The Bertz CT molecular complexity index is 519. The maximum absolute atomic E-state index is 8.80. The minimum Gasteiger partial charge on any atom is -0.396 e. The fourth-order valence-electron chi connectivity index (χ4n) is 1.66. The van der Waals surface area contributed by atoms with Gasteiger partial charge < -0.3 is 10.4 Å². The summed E-state index contributed by atoms with van der Waals surface area (Å²) in [5, 5.41) is 12.8. The van der Waals surface area contributed by atoms with Crippen LogP contribution in [0.1, 0.15) is 6.42 Å². The molecule has 5 heteroatoms. The number of benzene rings is 1. The van der Waals surface area contributed by atoms with E-state index < -0.39 is 0 Å². The summed E-state index contributed by atoms with van der Waals surface area (Å²) in [4.78, 5) is 8.92. The first kappa shape index (κ1) is 13.8. The molecule has 0 saturated carbocycles. The smallest absolute Gasteiger partial charge is 0.189 e. The van der Waals surface area contributed by atoms with E-state index in [0.29, 0.717) is 13.0 Å². The summed E-state index contributed by atoms with van der Waals surface area (Å²) in [5.41, 5.74) is 1.98. The number of hydrogen-bond acceptors (Lipinski definition) is 5. The third kappa shape index (κ3) is 3.94. The lowest BCUT2D eigenvalue weighted by Gasteiger charge is -2.08. The second-order valence-corrected chi connectivity index (χ2v) is 4.77. The summed E-state index contributed by atoms with van der Waals surface area (Å²) >= 11 is 1.52. The monoisotopic (exact) mass is 275 g/mol. The molecule has 0 aliphatic carbocycles. The molecular formula is C14H17N3OS.